The molecule has 1 aromatic rings. The van der Waals surface area contributed by atoms with E-state index < -0.39 is 0 Å². The van der Waals surface area contributed by atoms with Gasteiger partial charge in [0.15, 0.2) is 0 Å². The minimum atomic E-state index is 0.281. The van der Waals surface area contributed by atoms with Gasteiger partial charge in [-0.15, -0.1) is 0 Å². The molecule has 2 unspecified atom stereocenters. The highest BCUT2D eigenvalue weighted by Crippen LogP contribution is 2.29. The number of thiophene rings is 1. The molecule has 1 aromatic heterocycles. The highest BCUT2D eigenvalue weighted by atomic mass is 32.1. The van der Waals surface area contributed by atoms with E-state index in [1.165, 1.54) is 25.1 Å². The van der Waals surface area contributed by atoms with Gasteiger partial charge in [0.2, 0.25) is 0 Å². The van der Waals surface area contributed by atoms with Crippen molar-refractivity contribution >= 4 is 11.3 Å². The maximum atomic E-state index is 5.90. The Labute approximate surface area is 113 Å². The van der Waals surface area contributed by atoms with E-state index in [4.69, 9.17) is 4.74 Å². The number of morpholine rings is 1. The summed E-state index contributed by atoms with van der Waals surface area (Å²) in [4.78, 5) is 2.58. The summed E-state index contributed by atoms with van der Waals surface area (Å²) in [6, 6.07) is 2.19. The van der Waals surface area contributed by atoms with Gasteiger partial charge in [0.1, 0.15) is 0 Å². The Morgan fingerprint density at radius 3 is 3.28 bits per heavy atom. The molecule has 0 bridgehead atoms. The lowest BCUT2D eigenvalue weighted by Crippen LogP contribution is -2.44. The maximum absolute atomic E-state index is 5.90. The Kier molecular flexibility index (Phi) is 3.71. The lowest BCUT2D eigenvalue weighted by atomic mass is 9.89. The van der Waals surface area contributed by atoms with E-state index in [0.717, 1.165) is 26.2 Å². The van der Waals surface area contributed by atoms with E-state index in [1.807, 2.05) is 0 Å². The number of nitrogens with zero attached hydrogens (tertiary/aromatic N) is 1. The molecular weight excluding hydrogens is 244 g/mol. The van der Waals surface area contributed by atoms with Crippen molar-refractivity contribution in [2.45, 2.75) is 19.4 Å². The first-order chi connectivity index (χ1) is 8.75. The standard InChI is InChI=1S/C14H22N2OS/c1-14(3-4-15-10-14)11-16-5-6-17-13(8-16)12-2-7-18-9-12/h2,7,9,13,15H,3-6,8,10-11H2,1H3. The van der Waals surface area contributed by atoms with Crippen LogP contribution in [0.4, 0.5) is 0 Å². The lowest BCUT2D eigenvalue weighted by Gasteiger charge is -2.37. The highest BCUT2D eigenvalue weighted by molar-refractivity contribution is 7.07. The molecule has 3 heterocycles. The van der Waals surface area contributed by atoms with Crippen molar-refractivity contribution in [3.05, 3.63) is 22.4 Å². The molecule has 18 heavy (non-hydrogen) atoms. The van der Waals surface area contributed by atoms with Crippen LogP contribution in [0.15, 0.2) is 16.8 Å². The molecule has 3 nitrogen and oxygen atoms in total. The SMILES string of the molecule is CC1(CN2CCOC(c3ccsc3)C2)CCNC1. The molecule has 4 heteroatoms. The summed E-state index contributed by atoms with van der Waals surface area (Å²) in [5.74, 6) is 0. The van der Waals surface area contributed by atoms with Crippen molar-refractivity contribution in [3.63, 3.8) is 0 Å². The third-order valence-corrected chi connectivity index (χ3v) is 4.83. The fourth-order valence-electron chi connectivity index (χ4n) is 3.05. The summed E-state index contributed by atoms with van der Waals surface area (Å²) in [5.41, 5.74) is 1.80. The molecule has 100 valence electrons. The van der Waals surface area contributed by atoms with E-state index in [9.17, 15) is 0 Å². The van der Waals surface area contributed by atoms with Gasteiger partial charge in [0.25, 0.3) is 0 Å². The molecule has 0 amide bonds. The summed E-state index contributed by atoms with van der Waals surface area (Å²) in [5, 5.41) is 7.84. The second-order valence-corrected chi connectivity index (χ2v) is 6.67. The zero-order chi connectivity index (χ0) is 12.4. The average molecular weight is 266 g/mol. The summed E-state index contributed by atoms with van der Waals surface area (Å²) in [7, 11) is 0. The zero-order valence-corrected chi connectivity index (χ0v) is 11.8. The lowest BCUT2D eigenvalue weighted by molar-refractivity contribution is -0.0398. The van der Waals surface area contributed by atoms with Crippen LogP contribution in [0.1, 0.15) is 25.0 Å². The first-order valence-corrected chi connectivity index (χ1v) is 7.76. The first-order valence-electron chi connectivity index (χ1n) is 6.82. The predicted octanol–water partition coefficient (Wildman–Crippen LogP) is 2.12. The molecule has 0 aromatic carbocycles. The molecule has 2 aliphatic rings. The van der Waals surface area contributed by atoms with Gasteiger partial charge >= 0.3 is 0 Å². The molecule has 0 aliphatic carbocycles. The van der Waals surface area contributed by atoms with Crippen LogP contribution in [-0.2, 0) is 4.74 Å². The van der Waals surface area contributed by atoms with Gasteiger partial charge < -0.3 is 10.1 Å². The quantitative estimate of drug-likeness (QED) is 0.907. The van der Waals surface area contributed by atoms with Crippen LogP contribution in [0.5, 0.6) is 0 Å². The maximum Gasteiger partial charge on any atom is 0.0960 e. The second-order valence-electron chi connectivity index (χ2n) is 5.89. The molecule has 3 rings (SSSR count). The Morgan fingerprint density at radius 1 is 1.61 bits per heavy atom. The molecule has 0 spiro atoms. The molecule has 1 N–H and O–H groups in total. The van der Waals surface area contributed by atoms with E-state index >= 15 is 0 Å². The molecule has 2 saturated heterocycles. The number of rotatable bonds is 3. The Balaban J connectivity index is 1.60. The molecule has 0 radical (unpaired) electrons. The van der Waals surface area contributed by atoms with Crippen molar-refractivity contribution in [1.29, 1.82) is 0 Å². The molecule has 2 fully saturated rings. The van der Waals surface area contributed by atoms with Gasteiger partial charge in [-0.25, -0.2) is 0 Å². The molecule has 2 atom stereocenters. The highest BCUT2D eigenvalue weighted by Gasteiger charge is 2.32. The Bertz CT molecular complexity index is 373. The first kappa shape index (κ1) is 12.6. The van der Waals surface area contributed by atoms with Gasteiger partial charge in [-0.3, -0.25) is 4.90 Å². The van der Waals surface area contributed by atoms with Crippen LogP contribution in [-0.4, -0.2) is 44.2 Å². The number of hydrogen-bond acceptors (Lipinski definition) is 4. The smallest absolute Gasteiger partial charge is 0.0960 e. The molecular formula is C14H22N2OS. The normalized spacial score (nSPS) is 33.9. The van der Waals surface area contributed by atoms with Crippen molar-refractivity contribution in [2.75, 3.05) is 39.3 Å². The monoisotopic (exact) mass is 266 g/mol. The van der Waals surface area contributed by atoms with Gasteiger partial charge in [0.05, 0.1) is 12.7 Å². The van der Waals surface area contributed by atoms with Crippen LogP contribution in [0.2, 0.25) is 0 Å². The van der Waals surface area contributed by atoms with Gasteiger partial charge in [-0.05, 0) is 40.8 Å². The van der Waals surface area contributed by atoms with Crippen LogP contribution in [0.3, 0.4) is 0 Å². The number of ether oxygens (including phenoxy) is 1. The van der Waals surface area contributed by atoms with Gasteiger partial charge in [-0.1, -0.05) is 6.92 Å². The largest absolute Gasteiger partial charge is 0.371 e. The van der Waals surface area contributed by atoms with Crippen LogP contribution in [0, 0.1) is 5.41 Å². The third kappa shape index (κ3) is 2.77. The minimum Gasteiger partial charge on any atom is -0.371 e. The van der Waals surface area contributed by atoms with Crippen LogP contribution < -0.4 is 5.32 Å². The molecule has 0 saturated carbocycles. The fraction of sp³-hybridized carbons (Fsp3) is 0.714. The van der Waals surface area contributed by atoms with Crippen molar-refractivity contribution < 1.29 is 4.74 Å². The summed E-state index contributed by atoms with van der Waals surface area (Å²) in [6.45, 7) is 8.93. The van der Waals surface area contributed by atoms with Crippen molar-refractivity contribution in [2.24, 2.45) is 5.41 Å². The number of nitrogens with one attached hydrogen (secondary N) is 1. The van der Waals surface area contributed by atoms with E-state index in [2.05, 4.69) is 34.0 Å². The fourth-order valence-corrected chi connectivity index (χ4v) is 3.75. The Morgan fingerprint density at radius 2 is 2.56 bits per heavy atom. The van der Waals surface area contributed by atoms with Crippen molar-refractivity contribution in [1.82, 2.24) is 10.2 Å². The van der Waals surface area contributed by atoms with E-state index in [0.29, 0.717) is 5.41 Å². The van der Waals surface area contributed by atoms with Crippen LogP contribution in [0.25, 0.3) is 0 Å². The average Bonchev–Trinajstić information content (AvgIpc) is 3.01. The number of hydrogen-bond donors (Lipinski definition) is 1. The Hall–Kier alpha value is -0.420. The topological polar surface area (TPSA) is 24.5 Å². The summed E-state index contributed by atoms with van der Waals surface area (Å²) < 4.78 is 5.90. The second kappa shape index (κ2) is 5.29. The van der Waals surface area contributed by atoms with Gasteiger partial charge in [-0.2, -0.15) is 11.3 Å². The van der Waals surface area contributed by atoms with Crippen molar-refractivity contribution in [3.8, 4) is 0 Å². The zero-order valence-electron chi connectivity index (χ0n) is 11.0. The third-order valence-electron chi connectivity index (χ3n) is 4.13. The van der Waals surface area contributed by atoms with E-state index in [-0.39, 0.29) is 6.10 Å². The van der Waals surface area contributed by atoms with Gasteiger partial charge in [0, 0.05) is 26.2 Å². The summed E-state index contributed by atoms with van der Waals surface area (Å²) in [6.07, 6.45) is 1.58. The minimum absolute atomic E-state index is 0.281. The summed E-state index contributed by atoms with van der Waals surface area (Å²) >= 11 is 1.76. The molecule has 2 aliphatic heterocycles. The van der Waals surface area contributed by atoms with Crippen LogP contribution >= 0.6 is 11.3 Å². The van der Waals surface area contributed by atoms with E-state index in [1.54, 1.807) is 11.3 Å². The predicted molar refractivity (Wildman–Crippen MR) is 75.0 cm³/mol.